The number of halogens is 1. The summed E-state index contributed by atoms with van der Waals surface area (Å²) in [4.78, 5) is 23.3. The van der Waals surface area contributed by atoms with Gasteiger partial charge in [-0.2, -0.15) is 0 Å². The molecule has 0 radical (unpaired) electrons. The van der Waals surface area contributed by atoms with E-state index in [-0.39, 0.29) is 6.61 Å². The molecule has 1 atom stereocenters. The molecule has 1 heterocycles. The molecule has 1 aliphatic rings. The summed E-state index contributed by atoms with van der Waals surface area (Å²) in [6, 6.07) is 5.19. The van der Waals surface area contributed by atoms with Gasteiger partial charge in [-0.25, -0.2) is 4.79 Å². The van der Waals surface area contributed by atoms with Crippen LogP contribution in [0.3, 0.4) is 0 Å². The van der Waals surface area contributed by atoms with E-state index in [1.165, 1.54) is 0 Å². The maximum Gasteiger partial charge on any atom is 0.335 e. The number of anilines is 1. The molecule has 1 N–H and O–H groups in total. The van der Waals surface area contributed by atoms with E-state index in [4.69, 9.17) is 21.1 Å². The predicted molar refractivity (Wildman–Crippen MR) is 74.8 cm³/mol. The van der Waals surface area contributed by atoms with Crippen molar-refractivity contribution in [3.05, 3.63) is 28.8 Å². The fraction of sp³-hybridized carbons (Fsp3) is 0.429. The molecule has 1 aromatic rings. The average molecular weight is 298 g/mol. The number of nitrogens with one attached hydrogen (secondary N) is 1. The third-order valence-electron chi connectivity index (χ3n) is 3.01. The van der Waals surface area contributed by atoms with E-state index in [0.717, 1.165) is 12.0 Å². The molecule has 1 aliphatic heterocycles. The van der Waals surface area contributed by atoms with Crippen LogP contribution in [0.25, 0.3) is 0 Å². The number of benzene rings is 1. The van der Waals surface area contributed by atoms with E-state index >= 15 is 0 Å². The fourth-order valence-electron chi connectivity index (χ4n) is 1.91. The summed E-state index contributed by atoms with van der Waals surface area (Å²) in [6.45, 7) is 2.09. The Morgan fingerprint density at radius 1 is 1.50 bits per heavy atom. The minimum Gasteiger partial charge on any atom is -0.454 e. The second kappa shape index (κ2) is 6.72. The second-order valence-corrected chi connectivity index (χ2v) is 5.05. The number of aryl methyl sites for hydroxylation is 1. The van der Waals surface area contributed by atoms with Crippen LogP contribution in [0.1, 0.15) is 18.4 Å². The highest BCUT2D eigenvalue weighted by Gasteiger charge is 2.25. The molecule has 0 unspecified atom stereocenters. The number of carbonyl (C=O) groups excluding carboxylic acids is 2. The van der Waals surface area contributed by atoms with Crippen LogP contribution < -0.4 is 5.32 Å². The second-order valence-electron chi connectivity index (χ2n) is 4.62. The van der Waals surface area contributed by atoms with Crippen LogP contribution in [0.15, 0.2) is 18.2 Å². The number of rotatable bonds is 4. The molecule has 5 nitrogen and oxygen atoms in total. The predicted octanol–water partition coefficient (Wildman–Crippen LogP) is 2.31. The number of amides is 1. The Labute approximate surface area is 122 Å². The molecule has 1 amide bonds. The van der Waals surface area contributed by atoms with Crippen LogP contribution in [0, 0.1) is 6.92 Å². The zero-order chi connectivity index (χ0) is 14.5. The normalized spacial score (nSPS) is 17.8. The quantitative estimate of drug-likeness (QED) is 0.866. The molecule has 108 valence electrons. The van der Waals surface area contributed by atoms with Gasteiger partial charge in [0.25, 0.3) is 5.91 Å². The number of carbonyl (C=O) groups is 2. The summed E-state index contributed by atoms with van der Waals surface area (Å²) >= 11 is 5.86. The summed E-state index contributed by atoms with van der Waals surface area (Å²) in [6.07, 6.45) is 0.956. The fourth-order valence-corrected chi connectivity index (χ4v) is 2.08. The monoisotopic (exact) mass is 297 g/mol. The van der Waals surface area contributed by atoms with Gasteiger partial charge in [0.15, 0.2) is 12.7 Å². The van der Waals surface area contributed by atoms with E-state index < -0.39 is 18.0 Å². The lowest BCUT2D eigenvalue weighted by Gasteiger charge is -2.11. The van der Waals surface area contributed by atoms with Crippen molar-refractivity contribution < 1.29 is 19.1 Å². The minimum atomic E-state index is -0.532. The maximum atomic E-state index is 11.7. The van der Waals surface area contributed by atoms with Crippen molar-refractivity contribution in [1.82, 2.24) is 0 Å². The molecule has 20 heavy (non-hydrogen) atoms. The lowest BCUT2D eigenvalue weighted by molar-refractivity contribution is -0.156. The number of hydrogen-bond donors (Lipinski definition) is 1. The Hall–Kier alpha value is -1.59. The third kappa shape index (κ3) is 3.95. The van der Waals surface area contributed by atoms with Gasteiger partial charge in [-0.3, -0.25) is 4.79 Å². The van der Waals surface area contributed by atoms with Crippen molar-refractivity contribution in [2.24, 2.45) is 0 Å². The van der Waals surface area contributed by atoms with Crippen LogP contribution in [-0.4, -0.2) is 31.2 Å². The summed E-state index contributed by atoms with van der Waals surface area (Å²) < 4.78 is 10.1. The first-order chi connectivity index (χ1) is 9.56. The van der Waals surface area contributed by atoms with Crippen molar-refractivity contribution >= 4 is 29.2 Å². The lowest BCUT2D eigenvalue weighted by atomic mass is 10.2. The van der Waals surface area contributed by atoms with Gasteiger partial charge in [0.2, 0.25) is 0 Å². The molecule has 0 saturated carbocycles. The van der Waals surface area contributed by atoms with Crippen molar-refractivity contribution in [3.63, 3.8) is 0 Å². The topological polar surface area (TPSA) is 64.6 Å². The van der Waals surface area contributed by atoms with Crippen LogP contribution in [0.2, 0.25) is 5.02 Å². The average Bonchev–Trinajstić information content (AvgIpc) is 2.94. The molecule has 0 aliphatic carbocycles. The first kappa shape index (κ1) is 14.8. The van der Waals surface area contributed by atoms with E-state index in [2.05, 4.69) is 5.32 Å². The summed E-state index contributed by atoms with van der Waals surface area (Å²) in [7, 11) is 0. The standard InChI is InChI=1S/C14H16ClNO4/c1-9-4-5-10(15)7-11(9)16-13(17)8-20-14(18)12-3-2-6-19-12/h4-5,7,12H,2-3,6,8H2,1H3,(H,16,17)/t12-/m0/s1. The van der Waals surface area contributed by atoms with E-state index in [1.807, 2.05) is 6.92 Å². The molecule has 0 aromatic heterocycles. The van der Waals surface area contributed by atoms with Gasteiger partial charge in [0.05, 0.1) is 0 Å². The number of esters is 1. The van der Waals surface area contributed by atoms with E-state index in [9.17, 15) is 9.59 Å². The SMILES string of the molecule is Cc1ccc(Cl)cc1NC(=O)COC(=O)[C@@H]1CCCO1. The summed E-state index contributed by atoms with van der Waals surface area (Å²) in [5.41, 5.74) is 1.49. The van der Waals surface area contributed by atoms with Crippen LogP contribution in [0.4, 0.5) is 5.69 Å². The Bertz CT molecular complexity index is 512. The summed E-state index contributed by atoms with van der Waals surface area (Å²) in [5.74, 6) is -0.887. The lowest BCUT2D eigenvalue weighted by Crippen LogP contribution is -2.27. The number of ether oxygens (including phenoxy) is 2. The van der Waals surface area contributed by atoms with Crippen molar-refractivity contribution in [3.8, 4) is 0 Å². The van der Waals surface area contributed by atoms with Gasteiger partial charge in [0, 0.05) is 17.3 Å². The zero-order valence-corrected chi connectivity index (χ0v) is 11.9. The van der Waals surface area contributed by atoms with Crippen molar-refractivity contribution in [1.29, 1.82) is 0 Å². The van der Waals surface area contributed by atoms with Crippen LogP contribution in [0.5, 0.6) is 0 Å². The van der Waals surface area contributed by atoms with Gasteiger partial charge in [-0.05, 0) is 37.5 Å². The Morgan fingerprint density at radius 2 is 2.30 bits per heavy atom. The molecule has 0 spiro atoms. The molecule has 0 bridgehead atoms. The molecular formula is C14H16ClNO4. The zero-order valence-electron chi connectivity index (χ0n) is 11.1. The Morgan fingerprint density at radius 3 is 3.00 bits per heavy atom. The summed E-state index contributed by atoms with van der Waals surface area (Å²) in [5, 5.41) is 3.19. The minimum absolute atomic E-state index is 0.329. The smallest absolute Gasteiger partial charge is 0.335 e. The molecular weight excluding hydrogens is 282 g/mol. The third-order valence-corrected chi connectivity index (χ3v) is 3.25. The van der Waals surface area contributed by atoms with Gasteiger partial charge < -0.3 is 14.8 Å². The van der Waals surface area contributed by atoms with Gasteiger partial charge in [-0.15, -0.1) is 0 Å². The van der Waals surface area contributed by atoms with Gasteiger partial charge >= 0.3 is 5.97 Å². The Kier molecular flexibility index (Phi) is 4.98. The van der Waals surface area contributed by atoms with Gasteiger partial charge in [0.1, 0.15) is 0 Å². The molecule has 6 heteroatoms. The molecule has 1 fully saturated rings. The number of hydrogen-bond acceptors (Lipinski definition) is 4. The highest BCUT2D eigenvalue weighted by atomic mass is 35.5. The van der Waals surface area contributed by atoms with Crippen molar-refractivity contribution in [2.45, 2.75) is 25.9 Å². The molecule has 1 aromatic carbocycles. The highest BCUT2D eigenvalue weighted by molar-refractivity contribution is 6.31. The van der Waals surface area contributed by atoms with Crippen LogP contribution >= 0.6 is 11.6 Å². The largest absolute Gasteiger partial charge is 0.454 e. The first-order valence-corrected chi connectivity index (χ1v) is 6.78. The Balaban J connectivity index is 1.83. The van der Waals surface area contributed by atoms with E-state index in [0.29, 0.717) is 23.7 Å². The maximum absolute atomic E-state index is 11.7. The molecule has 1 saturated heterocycles. The van der Waals surface area contributed by atoms with E-state index in [1.54, 1.807) is 18.2 Å². The highest BCUT2D eigenvalue weighted by Crippen LogP contribution is 2.20. The van der Waals surface area contributed by atoms with Gasteiger partial charge in [-0.1, -0.05) is 17.7 Å². The van der Waals surface area contributed by atoms with Crippen molar-refractivity contribution in [2.75, 3.05) is 18.5 Å². The van der Waals surface area contributed by atoms with Crippen LogP contribution in [-0.2, 0) is 19.1 Å². The molecule has 2 rings (SSSR count). The first-order valence-electron chi connectivity index (χ1n) is 6.40.